The van der Waals surface area contributed by atoms with E-state index in [0.717, 1.165) is 11.3 Å². The Morgan fingerprint density at radius 2 is 1.75 bits per heavy atom. The van der Waals surface area contributed by atoms with Gasteiger partial charge < -0.3 is 20.5 Å². The Bertz CT molecular complexity index is 955. The third-order valence-corrected chi connectivity index (χ3v) is 4.06. The first-order chi connectivity index (χ1) is 13.6. The molecule has 0 fully saturated rings. The standard InChI is InChI=1S/C22H23N3O3/c1-3-27-19-6-4-5-7-20(19)28-17-11-9-16(10-12-17)14-24-22(26)18-13-8-15(2)25-21(18)23/h4-13H,3,14H2,1-2H3,(H2,23,25)(H,24,26). The molecule has 144 valence electrons. The number of rotatable bonds is 7. The van der Waals surface area contributed by atoms with Crippen molar-refractivity contribution in [2.75, 3.05) is 12.3 Å². The van der Waals surface area contributed by atoms with Gasteiger partial charge >= 0.3 is 0 Å². The minimum absolute atomic E-state index is 0.231. The van der Waals surface area contributed by atoms with Gasteiger partial charge in [0.05, 0.1) is 12.2 Å². The first kappa shape index (κ1) is 19.2. The molecule has 3 aromatic rings. The molecule has 3 N–H and O–H groups in total. The second kappa shape index (κ2) is 8.90. The van der Waals surface area contributed by atoms with Crippen molar-refractivity contribution in [3.8, 4) is 17.2 Å². The number of hydrogen-bond donors (Lipinski definition) is 2. The summed E-state index contributed by atoms with van der Waals surface area (Å²) in [7, 11) is 0. The number of aromatic nitrogens is 1. The summed E-state index contributed by atoms with van der Waals surface area (Å²) in [5.74, 6) is 2.03. The maximum Gasteiger partial charge on any atom is 0.255 e. The summed E-state index contributed by atoms with van der Waals surface area (Å²) < 4.78 is 11.5. The quantitative estimate of drug-likeness (QED) is 0.647. The minimum atomic E-state index is -0.254. The SMILES string of the molecule is CCOc1ccccc1Oc1ccc(CNC(=O)c2ccc(C)nc2N)cc1. The Morgan fingerprint density at radius 1 is 1.04 bits per heavy atom. The molecule has 0 unspecified atom stereocenters. The number of amides is 1. The highest BCUT2D eigenvalue weighted by Gasteiger charge is 2.11. The number of pyridine rings is 1. The van der Waals surface area contributed by atoms with Crippen LogP contribution in [0.25, 0.3) is 0 Å². The molecule has 0 saturated heterocycles. The number of nitrogens with one attached hydrogen (secondary N) is 1. The minimum Gasteiger partial charge on any atom is -0.490 e. The van der Waals surface area contributed by atoms with Crippen molar-refractivity contribution < 1.29 is 14.3 Å². The fraction of sp³-hybridized carbons (Fsp3) is 0.182. The molecule has 3 rings (SSSR count). The lowest BCUT2D eigenvalue weighted by atomic mass is 10.2. The van der Waals surface area contributed by atoms with Gasteiger partial charge in [0, 0.05) is 12.2 Å². The van der Waals surface area contributed by atoms with Gasteiger partial charge in [0.15, 0.2) is 11.5 Å². The molecule has 0 saturated carbocycles. The fourth-order valence-corrected chi connectivity index (χ4v) is 2.66. The molecule has 0 aliphatic carbocycles. The van der Waals surface area contributed by atoms with Gasteiger partial charge in [-0.1, -0.05) is 24.3 Å². The largest absolute Gasteiger partial charge is 0.490 e. The Labute approximate surface area is 164 Å². The fourth-order valence-electron chi connectivity index (χ4n) is 2.66. The zero-order chi connectivity index (χ0) is 19.9. The van der Waals surface area contributed by atoms with E-state index in [1.807, 2.05) is 62.4 Å². The van der Waals surface area contributed by atoms with Crippen LogP contribution in [0.5, 0.6) is 17.2 Å². The Kier molecular flexibility index (Phi) is 6.11. The molecule has 0 radical (unpaired) electrons. The number of hydrogen-bond acceptors (Lipinski definition) is 5. The van der Waals surface area contributed by atoms with Crippen molar-refractivity contribution in [3.63, 3.8) is 0 Å². The number of para-hydroxylation sites is 2. The average Bonchev–Trinajstić information content (AvgIpc) is 2.69. The van der Waals surface area contributed by atoms with Crippen LogP contribution in [0.3, 0.4) is 0 Å². The third kappa shape index (κ3) is 4.79. The maximum atomic E-state index is 12.3. The Morgan fingerprint density at radius 3 is 2.43 bits per heavy atom. The van der Waals surface area contributed by atoms with Crippen LogP contribution in [0.2, 0.25) is 0 Å². The number of nitrogens with two attached hydrogens (primary N) is 1. The molecule has 2 aromatic carbocycles. The molecule has 0 aliphatic heterocycles. The smallest absolute Gasteiger partial charge is 0.255 e. The zero-order valence-corrected chi connectivity index (χ0v) is 15.9. The van der Waals surface area contributed by atoms with Crippen molar-refractivity contribution in [2.24, 2.45) is 0 Å². The topological polar surface area (TPSA) is 86.5 Å². The summed E-state index contributed by atoms with van der Waals surface area (Å²) in [6, 6.07) is 18.5. The van der Waals surface area contributed by atoms with E-state index in [4.69, 9.17) is 15.2 Å². The molecule has 28 heavy (non-hydrogen) atoms. The normalized spacial score (nSPS) is 10.4. The predicted octanol–water partition coefficient (Wildman–Crippen LogP) is 4.09. The number of carbonyl (C=O) groups excluding carboxylic acids is 1. The van der Waals surface area contributed by atoms with E-state index in [0.29, 0.717) is 36.0 Å². The van der Waals surface area contributed by atoms with Crippen LogP contribution in [-0.2, 0) is 6.54 Å². The molecule has 0 atom stereocenters. The number of benzene rings is 2. The van der Waals surface area contributed by atoms with E-state index in [-0.39, 0.29) is 11.7 Å². The van der Waals surface area contributed by atoms with Gasteiger partial charge in [0.2, 0.25) is 0 Å². The van der Waals surface area contributed by atoms with Crippen molar-refractivity contribution in [1.82, 2.24) is 10.3 Å². The average molecular weight is 377 g/mol. The monoisotopic (exact) mass is 377 g/mol. The predicted molar refractivity (Wildman–Crippen MR) is 109 cm³/mol. The lowest BCUT2D eigenvalue weighted by molar-refractivity contribution is 0.0951. The number of aryl methyl sites for hydroxylation is 1. The summed E-state index contributed by atoms with van der Waals surface area (Å²) in [6.45, 7) is 4.70. The first-order valence-electron chi connectivity index (χ1n) is 9.06. The molecule has 1 heterocycles. The van der Waals surface area contributed by atoms with Crippen LogP contribution in [0.15, 0.2) is 60.7 Å². The number of anilines is 1. The highest BCUT2D eigenvalue weighted by molar-refractivity contribution is 5.98. The summed E-state index contributed by atoms with van der Waals surface area (Å²) in [5, 5.41) is 2.85. The second-order valence-electron chi connectivity index (χ2n) is 6.19. The van der Waals surface area contributed by atoms with Crippen LogP contribution in [0.4, 0.5) is 5.82 Å². The van der Waals surface area contributed by atoms with E-state index in [1.54, 1.807) is 12.1 Å². The Balaban J connectivity index is 1.61. The highest BCUT2D eigenvalue weighted by atomic mass is 16.5. The van der Waals surface area contributed by atoms with Crippen molar-refractivity contribution in [3.05, 3.63) is 77.5 Å². The molecular weight excluding hydrogens is 354 g/mol. The molecule has 0 bridgehead atoms. The van der Waals surface area contributed by atoms with Crippen LogP contribution in [-0.4, -0.2) is 17.5 Å². The van der Waals surface area contributed by atoms with E-state index in [9.17, 15) is 4.79 Å². The summed E-state index contributed by atoms with van der Waals surface area (Å²) in [6.07, 6.45) is 0. The zero-order valence-electron chi connectivity index (χ0n) is 15.9. The van der Waals surface area contributed by atoms with Gasteiger partial charge in [-0.15, -0.1) is 0 Å². The lowest BCUT2D eigenvalue weighted by Crippen LogP contribution is -2.24. The molecule has 0 spiro atoms. The Hall–Kier alpha value is -3.54. The van der Waals surface area contributed by atoms with E-state index < -0.39 is 0 Å². The van der Waals surface area contributed by atoms with E-state index >= 15 is 0 Å². The van der Waals surface area contributed by atoms with Gasteiger partial charge in [-0.25, -0.2) is 4.98 Å². The first-order valence-corrected chi connectivity index (χ1v) is 9.06. The molecule has 6 nitrogen and oxygen atoms in total. The number of ether oxygens (including phenoxy) is 2. The van der Waals surface area contributed by atoms with Crippen LogP contribution >= 0.6 is 0 Å². The number of nitrogens with zero attached hydrogens (tertiary/aromatic N) is 1. The maximum absolute atomic E-state index is 12.3. The van der Waals surface area contributed by atoms with Crippen LogP contribution in [0.1, 0.15) is 28.5 Å². The van der Waals surface area contributed by atoms with Gasteiger partial charge in [-0.3, -0.25) is 4.79 Å². The highest BCUT2D eigenvalue weighted by Crippen LogP contribution is 2.31. The van der Waals surface area contributed by atoms with Crippen molar-refractivity contribution in [1.29, 1.82) is 0 Å². The van der Waals surface area contributed by atoms with E-state index in [2.05, 4.69) is 10.3 Å². The van der Waals surface area contributed by atoms with Gasteiger partial charge in [-0.05, 0) is 55.8 Å². The third-order valence-electron chi connectivity index (χ3n) is 4.06. The van der Waals surface area contributed by atoms with Crippen LogP contribution in [0, 0.1) is 6.92 Å². The van der Waals surface area contributed by atoms with Crippen LogP contribution < -0.4 is 20.5 Å². The molecular formula is C22H23N3O3. The van der Waals surface area contributed by atoms with Gasteiger partial charge in [0.25, 0.3) is 5.91 Å². The summed E-state index contributed by atoms with van der Waals surface area (Å²) in [4.78, 5) is 16.4. The summed E-state index contributed by atoms with van der Waals surface area (Å²) >= 11 is 0. The molecule has 0 aliphatic rings. The van der Waals surface area contributed by atoms with E-state index in [1.165, 1.54) is 0 Å². The van der Waals surface area contributed by atoms with Gasteiger partial charge in [-0.2, -0.15) is 0 Å². The van der Waals surface area contributed by atoms with Crippen molar-refractivity contribution in [2.45, 2.75) is 20.4 Å². The molecule has 6 heteroatoms. The lowest BCUT2D eigenvalue weighted by Gasteiger charge is -2.12. The van der Waals surface area contributed by atoms with Crippen molar-refractivity contribution >= 4 is 11.7 Å². The number of nitrogen functional groups attached to an aromatic ring is 1. The molecule has 1 aromatic heterocycles. The number of carbonyl (C=O) groups is 1. The second-order valence-corrected chi connectivity index (χ2v) is 6.19. The summed E-state index contributed by atoms with van der Waals surface area (Å²) in [5.41, 5.74) is 7.91. The van der Waals surface area contributed by atoms with Gasteiger partial charge in [0.1, 0.15) is 11.6 Å². The molecule has 1 amide bonds.